The quantitative estimate of drug-likeness (QED) is 0.762. The number of carbonyl (C=O) groups is 2. The van der Waals surface area contributed by atoms with Gasteiger partial charge in [-0.1, -0.05) is 0 Å². The van der Waals surface area contributed by atoms with Crippen molar-refractivity contribution in [3.8, 4) is 12.3 Å². The average Bonchev–Trinajstić information content (AvgIpc) is 3.31. The molecule has 0 aromatic carbocycles. The van der Waals surface area contributed by atoms with Crippen molar-refractivity contribution in [1.29, 1.82) is 0 Å². The Kier molecular flexibility index (Phi) is 3.90. The highest BCUT2D eigenvalue weighted by Crippen LogP contribution is 2.41. The first-order valence-electron chi connectivity index (χ1n) is 7.94. The van der Waals surface area contributed by atoms with Crippen LogP contribution in [0.3, 0.4) is 0 Å². The Balaban J connectivity index is 1.56. The fraction of sp³-hybridized carbons (Fsp3) is 0.750. The number of rotatable bonds is 6. The maximum absolute atomic E-state index is 12.5. The average molecular weight is 303 g/mol. The van der Waals surface area contributed by atoms with Gasteiger partial charge in [-0.3, -0.25) is 9.59 Å². The molecule has 2 bridgehead atoms. The van der Waals surface area contributed by atoms with Crippen LogP contribution in [-0.2, 0) is 9.59 Å². The minimum absolute atomic E-state index is 0.0398. The van der Waals surface area contributed by atoms with E-state index < -0.39 is 17.6 Å². The van der Waals surface area contributed by atoms with Crippen LogP contribution < -0.4 is 0 Å². The Labute approximate surface area is 130 Å². The highest BCUT2D eigenvalue weighted by Gasteiger charge is 2.46. The largest absolute Gasteiger partial charge is 0.481 e. The number of carboxylic acids is 1. The summed E-state index contributed by atoms with van der Waals surface area (Å²) in [6.07, 6.45) is 10.1. The van der Waals surface area contributed by atoms with Crippen LogP contribution in [0.25, 0.3) is 0 Å². The first-order valence-corrected chi connectivity index (χ1v) is 7.94. The van der Waals surface area contributed by atoms with Crippen LogP contribution in [0, 0.1) is 24.2 Å². The van der Waals surface area contributed by atoms with E-state index in [1.54, 1.807) is 4.90 Å². The van der Waals surface area contributed by atoms with Gasteiger partial charge in [0.1, 0.15) is 0 Å². The first-order chi connectivity index (χ1) is 10.5. The second kappa shape index (κ2) is 5.71. The third kappa shape index (κ3) is 2.85. The normalized spacial score (nSPS) is 30.9. The van der Waals surface area contributed by atoms with Gasteiger partial charge in [0.05, 0.1) is 5.92 Å². The molecule has 1 aliphatic carbocycles. The van der Waals surface area contributed by atoms with Gasteiger partial charge in [-0.2, -0.15) is 10.2 Å². The molecule has 6 heteroatoms. The zero-order valence-electron chi connectivity index (χ0n) is 12.6. The first kappa shape index (κ1) is 15.0. The molecule has 4 aliphatic rings. The fourth-order valence-corrected chi connectivity index (χ4v) is 3.87. The van der Waals surface area contributed by atoms with E-state index in [4.69, 9.17) is 6.42 Å². The molecule has 6 nitrogen and oxygen atoms in total. The van der Waals surface area contributed by atoms with Gasteiger partial charge >= 0.3 is 5.97 Å². The molecular weight excluding hydrogens is 282 g/mol. The lowest BCUT2D eigenvalue weighted by molar-refractivity contribution is -0.155. The number of amides is 1. The molecule has 3 fully saturated rings. The van der Waals surface area contributed by atoms with Crippen molar-refractivity contribution in [3.63, 3.8) is 0 Å². The predicted octanol–water partition coefficient (Wildman–Crippen LogP) is 2.05. The summed E-state index contributed by atoms with van der Waals surface area (Å²) in [6, 6.07) is -0.135. The zero-order chi connectivity index (χ0) is 15.7. The molecular formula is C16H21N3O3. The molecule has 0 aromatic heterocycles. The molecule has 3 aliphatic heterocycles. The molecule has 2 saturated heterocycles. The van der Waals surface area contributed by atoms with E-state index in [-0.39, 0.29) is 11.9 Å². The van der Waals surface area contributed by atoms with Crippen LogP contribution in [0.4, 0.5) is 0 Å². The number of piperidine rings is 2. The standard InChI is InChI=1S/C16H21N3O3/c1-2-3-7-16(17-18-16)8-6-14(20)19-10-11-4-5-13(19)12(9-11)15(21)22/h1,11-13H,3-10H2,(H,21,22). The van der Waals surface area contributed by atoms with E-state index in [9.17, 15) is 14.7 Å². The molecule has 118 valence electrons. The maximum atomic E-state index is 12.5. The number of hydrogen-bond donors (Lipinski definition) is 1. The van der Waals surface area contributed by atoms with Crippen LogP contribution in [0.15, 0.2) is 10.2 Å². The molecule has 0 radical (unpaired) electrons. The Morgan fingerprint density at radius 2 is 2.09 bits per heavy atom. The minimum atomic E-state index is -0.773. The van der Waals surface area contributed by atoms with Gasteiger partial charge in [-0.05, 0) is 25.2 Å². The summed E-state index contributed by atoms with van der Waals surface area (Å²) in [5, 5.41) is 17.4. The lowest BCUT2D eigenvalue weighted by Gasteiger charge is -2.48. The molecule has 1 N–H and O–H groups in total. The van der Waals surface area contributed by atoms with Crippen molar-refractivity contribution in [3.05, 3.63) is 0 Å². The van der Waals surface area contributed by atoms with Gasteiger partial charge in [0.25, 0.3) is 0 Å². The van der Waals surface area contributed by atoms with E-state index in [1.165, 1.54) is 0 Å². The van der Waals surface area contributed by atoms with Gasteiger partial charge in [0, 0.05) is 38.3 Å². The second-order valence-electron chi connectivity index (χ2n) is 6.62. The van der Waals surface area contributed by atoms with Crippen LogP contribution in [-0.4, -0.2) is 40.1 Å². The SMILES string of the molecule is C#CCCC1(CCC(=O)N2CC3CCC2C(C(=O)O)C3)N=N1. The summed E-state index contributed by atoms with van der Waals surface area (Å²) in [7, 11) is 0. The monoisotopic (exact) mass is 303 g/mol. The molecule has 3 atom stereocenters. The number of hydrogen-bond acceptors (Lipinski definition) is 4. The summed E-state index contributed by atoms with van der Waals surface area (Å²) < 4.78 is 0. The van der Waals surface area contributed by atoms with Crippen LogP contribution in [0.1, 0.15) is 44.9 Å². The maximum Gasteiger partial charge on any atom is 0.308 e. The van der Waals surface area contributed by atoms with Gasteiger partial charge in [0.2, 0.25) is 5.91 Å². The van der Waals surface area contributed by atoms with Crippen LogP contribution in [0.2, 0.25) is 0 Å². The van der Waals surface area contributed by atoms with E-state index in [0.29, 0.717) is 44.6 Å². The molecule has 1 saturated carbocycles. The van der Waals surface area contributed by atoms with Crippen molar-refractivity contribution in [2.24, 2.45) is 22.1 Å². The minimum Gasteiger partial charge on any atom is -0.481 e. The Hall–Kier alpha value is -1.90. The second-order valence-corrected chi connectivity index (χ2v) is 6.62. The third-order valence-corrected chi connectivity index (χ3v) is 5.21. The molecule has 22 heavy (non-hydrogen) atoms. The van der Waals surface area contributed by atoms with Gasteiger partial charge in [0.15, 0.2) is 5.66 Å². The molecule has 1 amide bonds. The van der Waals surface area contributed by atoms with Gasteiger partial charge < -0.3 is 10.0 Å². The van der Waals surface area contributed by atoms with Gasteiger partial charge in [-0.25, -0.2) is 0 Å². The number of aliphatic carboxylic acids is 1. The molecule has 4 rings (SSSR count). The highest BCUT2D eigenvalue weighted by molar-refractivity contribution is 5.79. The third-order valence-electron chi connectivity index (χ3n) is 5.21. The number of terminal acetylenes is 1. The Morgan fingerprint density at radius 1 is 1.32 bits per heavy atom. The van der Waals surface area contributed by atoms with Gasteiger partial charge in [-0.15, -0.1) is 12.3 Å². The molecule has 0 aromatic rings. The van der Waals surface area contributed by atoms with E-state index in [1.807, 2.05) is 0 Å². The van der Waals surface area contributed by atoms with E-state index in [0.717, 1.165) is 12.8 Å². The van der Waals surface area contributed by atoms with Crippen molar-refractivity contribution in [2.45, 2.75) is 56.7 Å². The number of fused-ring (bicyclic) bond motifs is 3. The lowest BCUT2D eigenvalue weighted by Crippen LogP contribution is -2.57. The Morgan fingerprint density at radius 3 is 2.68 bits per heavy atom. The summed E-state index contributed by atoms with van der Waals surface area (Å²) >= 11 is 0. The van der Waals surface area contributed by atoms with Crippen molar-refractivity contribution >= 4 is 11.9 Å². The fourth-order valence-electron chi connectivity index (χ4n) is 3.87. The lowest BCUT2D eigenvalue weighted by atomic mass is 9.72. The molecule has 0 spiro atoms. The summed E-state index contributed by atoms with van der Waals surface area (Å²) in [4.78, 5) is 25.7. The van der Waals surface area contributed by atoms with E-state index >= 15 is 0 Å². The van der Waals surface area contributed by atoms with Crippen molar-refractivity contribution in [2.75, 3.05) is 6.54 Å². The number of nitrogens with zero attached hydrogens (tertiary/aromatic N) is 3. The highest BCUT2D eigenvalue weighted by atomic mass is 16.4. The smallest absolute Gasteiger partial charge is 0.308 e. The number of carbonyl (C=O) groups excluding carboxylic acids is 1. The zero-order valence-corrected chi connectivity index (χ0v) is 12.6. The van der Waals surface area contributed by atoms with Crippen molar-refractivity contribution in [1.82, 2.24) is 4.90 Å². The van der Waals surface area contributed by atoms with Crippen LogP contribution >= 0.6 is 0 Å². The summed E-state index contributed by atoms with van der Waals surface area (Å²) in [5.74, 6) is 1.77. The molecule has 3 heterocycles. The number of carboxylic acid groups (broad SMARTS) is 1. The summed E-state index contributed by atoms with van der Waals surface area (Å²) in [5.41, 5.74) is -0.441. The van der Waals surface area contributed by atoms with Crippen LogP contribution in [0.5, 0.6) is 0 Å². The van der Waals surface area contributed by atoms with Crippen molar-refractivity contribution < 1.29 is 14.7 Å². The Bertz CT molecular complexity index is 545. The van der Waals surface area contributed by atoms with E-state index in [2.05, 4.69) is 16.1 Å². The topological polar surface area (TPSA) is 82.3 Å². The summed E-state index contributed by atoms with van der Waals surface area (Å²) in [6.45, 7) is 0.707. The predicted molar refractivity (Wildman–Crippen MR) is 78.9 cm³/mol. The molecule has 3 unspecified atom stereocenters.